The molecule has 2 bridgehead atoms. The summed E-state index contributed by atoms with van der Waals surface area (Å²) < 4.78 is 0. The third-order valence-corrected chi connectivity index (χ3v) is 4.02. The highest BCUT2D eigenvalue weighted by Gasteiger charge is 2.36. The lowest BCUT2D eigenvalue weighted by Crippen LogP contribution is -2.34. The highest BCUT2D eigenvalue weighted by Crippen LogP contribution is 2.49. The van der Waals surface area contributed by atoms with Crippen LogP contribution in [-0.2, 0) is 0 Å². The molecule has 0 aliphatic heterocycles. The number of hydrogen-bond donors (Lipinski definition) is 0. The van der Waals surface area contributed by atoms with Crippen LogP contribution in [0, 0.1) is 5.92 Å². The summed E-state index contributed by atoms with van der Waals surface area (Å²) in [7, 11) is 3.08. The third-order valence-electron chi connectivity index (χ3n) is 3.15. The lowest BCUT2D eigenvalue weighted by Gasteiger charge is -2.43. The number of rotatable bonds is 0. The molecule has 0 radical (unpaired) electrons. The van der Waals surface area contributed by atoms with E-state index in [2.05, 4.69) is 9.24 Å². The zero-order valence-electron chi connectivity index (χ0n) is 5.90. The molecule has 3 aliphatic carbocycles. The van der Waals surface area contributed by atoms with Gasteiger partial charge in [0.25, 0.3) is 0 Å². The molecule has 1 unspecified atom stereocenters. The quantitative estimate of drug-likeness (QED) is 0.456. The SMILES string of the molecule is PC12CCC(CC1)CC2. The molecule has 0 N–H and O–H groups in total. The standard InChI is InChI=1S/C8H15P/c9-8-4-1-7(2-5-8)3-6-8/h7H,1-6,9H2. The van der Waals surface area contributed by atoms with Crippen molar-refractivity contribution in [1.82, 2.24) is 0 Å². The predicted molar refractivity (Wildman–Crippen MR) is 43.6 cm³/mol. The van der Waals surface area contributed by atoms with E-state index in [4.69, 9.17) is 0 Å². The molecular weight excluding hydrogens is 127 g/mol. The van der Waals surface area contributed by atoms with Gasteiger partial charge in [-0.15, -0.1) is 9.24 Å². The van der Waals surface area contributed by atoms with E-state index < -0.39 is 0 Å². The smallest absolute Gasteiger partial charge is 0.0150 e. The Morgan fingerprint density at radius 1 is 1.00 bits per heavy atom. The van der Waals surface area contributed by atoms with Crippen molar-refractivity contribution in [2.75, 3.05) is 0 Å². The van der Waals surface area contributed by atoms with E-state index in [0.29, 0.717) is 5.16 Å². The predicted octanol–water partition coefficient (Wildman–Crippen LogP) is 2.58. The van der Waals surface area contributed by atoms with Crippen molar-refractivity contribution in [1.29, 1.82) is 0 Å². The van der Waals surface area contributed by atoms with E-state index in [-0.39, 0.29) is 0 Å². The van der Waals surface area contributed by atoms with Gasteiger partial charge in [-0.3, -0.25) is 0 Å². The zero-order valence-corrected chi connectivity index (χ0v) is 7.05. The van der Waals surface area contributed by atoms with Gasteiger partial charge in [0.1, 0.15) is 0 Å². The van der Waals surface area contributed by atoms with Crippen LogP contribution in [0.3, 0.4) is 0 Å². The molecule has 0 nitrogen and oxygen atoms in total. The van der Waals surface area contributed by atoms with Gasteiger partial charge in [-0.05, 0) is 49.6 Å². The molecule has 9 heavy (non-hydrogen) atoms. The maximum absolute atomic E-state index is 3.08. The van der Waals surface area contributed by atoms with Gasteiger partial charge in [0.05, 0.1) is 0 Å². The summed E-state index contributed by atoms with van der Waals surface area (Å²) in [6, 6.07) is 0. The lowest BCUT2D eigenvalue weighted by molar-refractivity contribution is 0.202. The molecule has 0 saturated heterocycles. The van der Waals surface area contributed by atoms with E-state index in [1.54, 1.807) is 0 Å². The number of fused-ring (bicyclic) bond motifs is 3. The fourth-order valence-corrected chi connectivity index (χ4v) is 2.78. The van der Waals surface area contributed by atoms with Crippen molar-refractivity contribution in [3.8, 4) is 0 Å². The van der Waals surface area contributed by atoms with E-state index in [0.717, 1.165) is 5.92 Å². The van der Waals surface area contributed by atoms with Crippen molar-refractivity contribution in [2.24, 2.45) is 5.92 Å². The zero-order chi connectivity index (χ0) is 6.32. The van der Waals surface area contributed by atoms with Crippen molar-refractivity contribution in [3.05, 3.63) is 0 Å². The second kappa shape index (κ2) is 1.95. The molecule has 1 atom stereocenters. The lowest BCUT2D eigenvalue weighted by atomic mass is 9.70. The summed E-state index contributed by atoms with van der Waals surface area (Å²) in [5, 5.41) is 0.703. The maximum Gasteiger partial charge on any atom is -0.0150 e. The van der Waals surface area contributed by atoms with Crippen LogP contribution < -0.4 is 0 Å². The second-order valence-corrected chi connectivity index (χ2v) is 5.07. The fraction of sp³-hybridized carbons (Fsp3) is 1.00. The summed E-state index contributed by atoms with van der Waals surface area (Å²) >= 11 is 0. The van der Waals surface area contributed by atoms with Gasteiger partial charge in [0.2, 0.25) is 0 Å². The van der Waals surface area contributed by atoms with E-state index >= 15 is 0 Å². The topological polar surface area (TPSA) is 0 Å². The average molecular weight is 142 g/mol. The number of hydrogen-bond acceptors (Lipinski definition) is 0. The summed E-state index contributed by atoms with van der Waals surface area (Å²) in [6.07, 6.45) is 9.02. The first-order valence-electron chi connectivity index (χ1n) is 4.07. The maximum atomic E-state index is 3.08. The third kappa shape index (κ3) is 1.03. The first-order valence-corrected chi connectivity index (χ1v) is 4.65. The Kier molecular flexibility index (Phi) is 1.34. The van der Waals surface area contributed by atoms with Gasteiger partial charge in [-0.1, -0.05) is 0 Å². The van der Waals surface area contributed by atoms with Crippen LogP contribution in [0.2, 0.25) is 0 Å². The van der Waals surface area contributed by atoms with Crippen molar-refractivity contribution in [3.63, 3.8) is 0 Å². The Balaban J connectivity index is 2.11. The second-order valence-electron chi connectivity index (χ2n) is 3.84. The van der Waals surface area contributed by atoms with E-state index in [9.17, 15) is 0 Å². The Hall–Kier alpha value is 0.430. The molecular formula is C8H15P. The van der Waals surface area contributed by atoms with E-state index in [1.807, 2.05) is 0 Å². The van der Waals surface area contributed by atoms with Crippen LogP contribution in [0.1, 0.15) is 38.5 Å². The summed E-state index contributed by atoms with van der Waals surface area (Å²) in [6.45, 7) is 0. The molecule has 0 aromatic carbocycles. The minimum atomic E-state index is 0.703. The van der Waals surface area contributed by atoms with Gasteiger partial charge < -0.3 is 0 Å². The molecule has 0 spiro atoms. The van der Waals surface area contributed by atoms with Crippen LogP contribution in [0.5, 0.6) is 0 Å². The van der Waals surface area contributed by atoms with Gasteiger partial charge in [-0.25, -0.2) is 0 Å². The Morgan fingerprint density at radius 3 is 1.67 bits per heavy atom. The van der Waals surface area contributed by atoms with E-state index in [1.165, 1.54) is 38.5 Å². The minimum absolute atomic E-state index is 0.703. The highest BCUT2D eigenvalue weighted by molar-refractivity contribution is 7.19. The molecule has 3 aliphatic rings. The monoisotopic (exact) mass is 142 g/mol. The van der Waals surface area contributed by atoms with Crippen molar-refractivity contribution < 1.29 is 0 Å². The fourth-order valence-electron chi connectivity index (χ4n) is 2.28. The van der Waals surface area contributed by atoms with Crippen LogP contribution in [0.15, 0.2) is 0 Å². The van der Waals surface area contributed by atoms with Gasteiger partial charge in [0.15, 0.2) is 0 Å². The average Bonchev–Trinajstić information content (AvgIpc) is 1.90. The molecule has 0 amide bonds. The van der Waals surface area contributed by atoms with Gasteiger partial charge in [0, 0.05) is 0 Å². The minimum Gasteiger partial charge on any atom is -0.131 e. The normalized spacial score (nSPS) is 49.7. The van der Waals surface area contributed by atoms with Crippen molar-refractivity contribution >= 4 is 9.24 Å². The van der Waals surface area contributed by atoms with Crippen molar-refractivity contribution in [2.45, 2.75) is 43.7 Å². The Morgan fingerprint density at radius 2 is 1.44 bits per heavy atom. The van der Waals surface area contributed by atoms with Crippen LogP contribution >= 0.6 is 9.24 Å². The van der Waals surface area contributed by atoms with Crippen LogP contribution in [0.4, 0.5) is 0 Å². The Labute approximate surface area is 59.6 Å². The first-order chi connectivity index (χ1) is 4.29. The molecule has 0 aromatic heterocycles. The molecule has 3 fully saturated rings. The van der Waals surface area contributed by atoms with Gasteiger partial charge in [-0.2, -0.15) is 0 Å². The van der Waals surface area contributed by atoms with Crippen LogP contribution in [-0.4, -0.2) is 5.16 Å². The largest absolute Gasteiger partial charge is 0.131 e. The molecule has 1 heteroatoms. The van der Waals surface area contributed by atoms with Gasteiger partial charge >= 0.3 is 0 Å². The molecule has 0 heterocycles. The molecule has 52 valence electrons. The Bertz CT molecular complexity index is 98.0. The molecule has 0 aromatic rings. The molecule has 3 saturated carbocycles. The molecule has 3 rings (SSSR count). The summed E-state index contributed by atoms with van der Waals surface area (Å²) in [5.74, 6) is 1.12. The highest BCUT2D eigenvalue weighted by atomic mass is 31.0. The van der Waals surface area contributed by atoms with Crippen LogP contribution in [0.25, 0.3) is 0 Å². The summed E-state index contributed by atoms with van der Waals surface area (Å²) in [4.78, 5) is 0. The summed E-state index contributed by atoms with van der Waals surface area (Å²) in [5.41, 5.74) is 0. The first kappa shape index (κ1) is 6.16.